The summed E-state index contributed by atoms with van der Waals surface area (Å²) < 4.78 is 5.84. The van der Waals surface area contributed by atoms with Crippen molar-refractivity contribution in [2.75, 3.05) is 5.32 Å². The van der Waals surface area contributed by atoms with Crippen LogP contribution in [-0.2, 0) is 13.1 Å². The number of aryl methyl sites for hydroxylation is 2. The van der Waals surface area contributed by atoms with Crippen LogP contribution in [0.1, 0.15) is 46.9 Å². The molecule has 1 N–H and O–H groups in total. The van der Waals surface area contributed by atoms with Gasteiger partial charge < -0.3 is 9.73 Å². The van der Waals surface area contributed by atoms with Crippen molar-refractivity contribution >= 4 is 11.6 Å². The van der Waals surface area contributed by atoms with E-state index < -0.39 is 0 Å². The minimum Gasteiger partial charge on any atom is -0.455 e. The second kappa shape index (κ2) is 8.89. The first-order valence-corrected chi connectivity index (χ1v) is 9.67. The first kappa shape index (κ1) is 19.9. The van der Waals surface area contributed by atoms with Crippen LogP contribution in [0.25, 0.3) is 0 Å². The average molecular weight is 377 g/mol. The lowest BCUT2D eigenvalue weighted by Gasteiger charge is -2.25. The molecule has 4 heteroatoms. The lowest BCUT2D eigenvalue weighted by molar-refractivity contribution is 0.0991. The normalized spacial score (nSPS) is 11.2. The van der Waals surface area contributed by atoms with E-state index in [1.165, 1.54) is 11.1 Å². The molecule has 0 aliphatic carbocycles. The molecule has 0 fully saturated rings. The summed E-state index contributed by atoms with van der Waals surface area (Å²) >= 11 is 0. The molecule has 0 saturated heterocycles. The summed E-state index contributed by atoms with van der Waals surface area (Å²) in [5.74, 6) is 0.889. The number of anilines is 1. The van der Waals surface area contributed by atoms with Crippen molar-refractivity contribution in [3.05, 3.63) is 88.9 Å². The molecule has 146 valence electrons. The molecular formula is C24H28N2O2. The number of hydrogen-bond acceptors (Lipinski definition) is 3. The summed E-state index contributed by atoms with van der Waals surface area (Å²) in [7, 11) is 0. The van der Waals surface area contributed by atoms with Gasteiger partial charge in [-0.3, -0.25) is 9.69 Å². The molecular weight excluding hydrogens is 348 g/mol. The number of carbonyl (C=O) groups is 1. The second-order valence-electron chi connectivity index (χ2n) is 7.50. The highest BCUT2D eigenvalue weighted by atomic mass is 16.4. The fraction of sp³-hybridized carbons (Fsp3) is 0.292. The maximum Gasteiger partial charge on any atom is 0.291 e. The Bertz CT molecular complexity index is 929. The van der Waals surface area contributed by atoms with Crippen molar-refractivity contribution in [3.8, 4) is 0 Å². The summed E-state index contributed by atoms with van der Waals surface area (Å²) in [6, 6.07) is 20.2. The van der Waals surface area contributed by atoms with Crippen LogP contribution in [0.15, 0.2) is 65.1 Å². The van der Waals surface area contributed by atoms with Crippen LogP contribution >= 0.6 is 0 Å². The molecule has 0 spiro atoms. The van der Waals surface area contributed by atoms with E-state index in [4.69, 9.17) is 4.42 Å². The molecule has 0 unspecified atom stereocenters. The third kappa shape index (κ3) is 5.11. The highest BCUT2D eigenvalue weighted by molar-refractivity contribution is 6.02. The number of carbonyl (C=O) groups excluding carboxylic acids is 1. The van der Waals surface area contributed by atoms with Gasteiger partial charge in [0.25, 0.3) is 5.91 Å². The fourth-order valence-electron chi connectivity index (χ4n) is 3.04. The lowest BCUT2D eigenvalue weighted by Crippen LogP contribution is -2.29. The Morgan fingerprint density at radius 3 is 2.39 bits per heavy atom. The Morgan fingerprint density at radius 1 is 0.964 bits per heavy atom. The molecule has 1 amide bonds. The smallest absolute Gasteiger partial charge is 0.291 e. The average Bonchev–Trinajstić information content (AvgIpc) is 3.14. The van der Waals surface area contributed by atoms with Gasteiger partial charge in [0, 0.05) is 18.3 Å². The fourth-order valence-corrected chi connectivity index (χ4v) is 3.04. The standard InChI is InChI=1S/C24H28N2O2/c1-17(2)26(15-20-8-6-5-7-9-20)16-22-12-13-23(28-22)24(27)25-21-11-10-18(3)19(4)14-21/h5-14,17H,15-16H2,1-4H3,(H,25,27). The van der Waals surface area contributed by atoms with Crippen LogP contribution in [0.2, 0.25) is 0 Å². The van der Waals surface area contributed by atoms with E-state index in [9.17, 15) is 4.79 Å². The van der Waals surface area contributed by atoms with Crippen LogP contribution in [-0.4, -0.2) is 16.8 Å². The van der Waals surface area contributed by atoms with Gasteiger partial charge in [-0.1, -0.05) is 36.4 Å². The number of amides is 1. The van der Waals surface area contributed by atoms with Crippen molar-refractivity contribution in [2.24, 2.45) is 0 Å². The minimum absolute atomic E-state index is 0.228. The molecule has 3 aromatic rings. The summed E-state index contributed by atoms with van der Waals surface area (Å²) in [6.07, 6.45) is 0. The first-order chi connectivity index (χ1) is 13.4. The van der Waals surface area contributed by atoms with E-state index in [-0.39, 0.29) is 5.91 Å². The third-order valence-corrected chi connectivity index (χ3v) is 4.97. The molecule has 28 heavy (non-hydrogen) atoms. The topological polar surface area (TPSA) is 45.5 Å². The van der Waals surface area contributed by atoms with E-state index in [1.807, 2.05) is 37.3 Å². The van der Waals surface area contributed by atoms with Gasteiger partial charge in [0.05, 0.1) is 6.54 Å². The summed E-state index contributed by atoms with van der Waals surface area (Å²) in [5.41, 5.74) is 4.38. The number of furan rings is 1. The quantitative estimate of drug-likeness (QED) is 0.587. The van der Waals surface area contributed by atoms with E-state index in [0.29, 0.717) is 18.3 Å². The molecule has 0 aliphatic heterocycles. The number of benzene rings is 2. The highest BCUT2D eigenvalue weighted by Gasteiger charge is 2.16. The van der Waals surface area contributed by atoms with Gasteiger partial charge in [-0.05, 0) is 68.7 Å². The largest absolute Gasteiger partial charge is 0.455 e. The monoisotopic (exact) mass is 376 g/mol. The second-order valence-corrected chi connectivity index (χ2v) is 7.50. The molecule has 1 heterocycles. The van der Waals surface area contributed by atoms with Gasteiger partial charge in [0.1, 0.15) is 5.76 Å². The molecule has 1 aromatic heterocycles. The van der Waals surface area contributed by atoms with E-state index in [1.54, 1.807) is 6.07 Å². The minimum atomic E-state index is -0.228. The number of nitrogens with one attached hydrogen (secondary N) is 1. The Morgan fingerprint density at radius 2 is 1.71 bits per heavy atom. The van der Waals surface area contributed by atoms with Gasteiger partial charge in [-0.2, -0.15) is 0 Å². The van der Waals surface area contributed by atoms with Gasteiger partial charge in [-0.15, -0.1) is 0 Å². The summed E-state index contributed by atoms with van der Waals surface area (Å²) in [4.78, 5) is 14.8. The van der Waals surface area contributed by atoms with Crippen molar-refractivity contribution in [2.45, 2.75) is 46.8 Å². The van der Waals surface area contributed by atoms with Crippen LogP contribution in [0.3, 0.4) is 0 Å². The molecule has 0 aliphatic rings. The Balaban J connectivity index is 1.66. The van der Waals surface area contributed by atoms with E-state index >= 15 is 0 Å². The summed E-state index contributed by atoms with van der Waals surface area (Å²) in [6.45, 7) is 9.91. The lowest BCUT2D eigenvalue weighted by atomic mass is 10.1. The Kier molecular flexibility index (Phi) is 6.32. The van der Waals surface area contributed by atoms with Crippen LogP contribution in [0.5, 0.6) is 0 Å². The highest BCUT2D eigenvalue weighted by Crippen LogP contribution is 2.18. The molecule has 0 saturated carbocycles. The van der Waals surface area contributed by atoms with Gasteiger partial charge >= 0.3 is 0 Å². The number of hydrogen-bond donors (Lipinski definition) is 1. The Labute approximate surface area is 167 Å². The van der Waals surface area contributed by atoms with Crippen molar-refractivity contribution < 1.29 is 9.21 Å². The molecule has 0 atom stereocenters. The maximum absolute atomic E-state index is 12.5. The van der Waals surface area contributed by atoms with Crippen molar-refractivity contribution in [3.63, 3.8) is 0 Å². The predicted octanol–water partition coefficient (Wildman–Crippen LogP) is 5.56. The predicted molar refractivity (Wildman–Crippen MR) is 113 cm³/mol. The van der Waals surface area contributed by atoms with Gasteiger partial charge in [-0.25, -0.2) is 0 Å². The Hall–Kier alpha value is -2.85. The van der Waals surface area contributed by atoms with E-state index in [2.05, 4.69) is 55.3 Å². The number of nitrogens with zero attached hydrogens (tertiary/aromatic N) is 1. The SMILES string of the molecule is Cc1ccc(NC(=O)c2ccc(CN(Cc3ccccc3)C(C)C)o2)cc1C. The van der Waals surface area contributed by atoms with Gasteiger partial charge in [0.15, 0.2) is 5.76 Å². The molecule has 0 radical (unpaired) electrons. The third-order valence-electron chi connectivity index (χ3n) is 4.97. The van der Waals surface area contributed by atoms with Crippen molar-refractivity contribution in [1.29, 1.82) is 0 Å². The zero-order chi connectivity index (χ0) is 20.1. The molecule has 2 aromatic carbocycles. The molecule has 4 nitrogen and oxygen atoms in total. The van der Waals surface area contributed by atoms with Gasteiger partial charge in [0.2, 0.25) is 0 Å². The summed E-state index contributed by atoms with van der Waals surface area (Å²) in [5, 5.41) is 2.91. The maximum atomic E-state index is 12.5. The molecule has 0 bridgehead atoms. The first-order valence-electron chi connectivity index (χ1n) is 9.67. The van der Waals surface area contributed by atoms with E-state index in [0.717, 1.165) is 23.6 Å². The van der Waals surface area contributed by atoms with Crippen LogP contribution in [0.4, 0.5) is 5.69 Å². The molecule has 3 rings (SSSR count). The zero-order valence-electron chi connectivity index (χ0n) is 17.0. The van der Waals surface area contributed by atoms with Crippen LogP contribution in [0, 0.1) is 13.8 Å². The number of rotatable bonds is 7. The zero-order valence-corrected chi connectivity index (χ0v) is 17.0. The van der Waals surface area contributed by atoms with Crippen molar-refractivity contribution in [1.82, 2.24) is 4.90 Å². The van der Waals surface area contributed by atoms with Crippen LogP contribution < -0.4 is 5.32 Å².